The number of hydrogen-bond donors (Lipinski definition) is 2. The molecule has 0 bridgehead atoms. The number of pyridine rings is 1. The van der Waals surface area contributed by atoms with Gasteiger partial charge >= 0.3 is 6.03 Å². The van der Waals surface area contributed by atoms with Crippen LogP contribution in [0, 0.1) is 0 Å². The van der Waals surface area contributed by atoms with Crippen LogP contribution in [0.5, 0.6) is 0 Å². The molecule has 92 valence electrons. The molecule has 0 atom stereocenters. The minimum Gasteiger partial charge on any atom is -0.308 e. The highest BCUT2D eigenvalue weighted by Crippen LogP contribution is 2.14. The normalized spacial score (nSPS) is 9.89. The van der Waals surface area contributed by atoms with Gasteiger partial charge in [-0.25, -0.2) is 9.78 Å². The smallest absolute Gasteiger partial charge is 0.308 e. The van der Waals surface area contributed by atoms with Gasteiger partial charge in [-0.15, -0.1) is 0 Å². The fourth-order valence-corrected chi connectivity index (χ4v) is 1.64. The van der Waals surface area contributed by atoms with Crippen molar-refractivity contribution < 1.29 is 4.79 Å². The third-order valence-corrected chi connectivity index (χ3v) is 2.81. The number of anilines is 2. The molecule has 2 rings (SSSR count). The van der Waals surface area contributed by atoms with Crippen LogP contribution >= 0.6 is 27.5 Å². The number of nitrogens with zero attached hydrogens (tertiary/aromatic N) is 1. The summed E-state index contributed by atoms with van der Waals surface area (Å²) in [6, 6.07) is 10.0. The first-order valence-corrected chi connectivity index (χ1v) is 6.26. The first-order valence-electron chi connectivity index (χ1n) is 5.08. The van der Waals surface area contributed by atoms with Gasteiger partial charge in [-0.05, 0) is 52.3 Å². The van der Waals surface area contributed by atoms with E-state index in [1.54, 1.807) is 42.6 Å². The van der Waals surface area contributed by atoms with Gasteiger partial charge in [-0.1, -0.05) is 11.6 Å². The van der Waals surface area contributed by atoms with Gasteiger partial charge in [0, 0.05) is 10.7 Å². The molecular formula is C12H9BrClN3O. The molecule has 0 saturated carbocycles. The molecule has 2 aromatic rings. The van der Waals surface area contributed by atoms with E-state index >= 15 is 0 Å². The summed E-state index contributed by atoms with van der Waals surface area (Å²) in [6.07, 6.45) is 1.56. The van der Waals surface area contributed by atoms with Crippen molar-refractivity contribution in [2.45, 2.75) is 0 Å². The topological polar surface area (TPSA) is 54.0 Å². The molecule has 0 aliphatic carbocycles. The first kappa shape index (κ1) is 12.9. The molecule has 0 radical (unpaired) electrons. The van der Waals surface area contributed by atoms with E-state index in [4.69, 9.17) is 11.6 Å². The summed E-state index contributed by atoms with van der Waals surface area (Å²) >= 11 is 8.97. The Balaban J connectivity index is 1.96. The van der Waals surface area contributed by atoms with Crippen LogP contribution in [0.15, 0.2) is 47.2 Å². The molecular weight excluding hydrogens is 318 g/mol. The van der Waals surface area contributed by atoms with Crippen molar-refractivity contribution in [3.8, 4) is 0 Å². The molecule has 0 aliphatic rings. The van der Waals surface area contributed by atoms with E-state index in [9.17, 15) is 4.79 Å². The average Bonchev–Trinajstić information content (AvgIpc) is 2.35. The summed E-state index contributed by atoms with van der Waals surface area (Å²) in [6.45, 7) is 0. The van der Waals surface area contributed by atoms with E-state index < -0.39 is 0 Å². The third-order valence-electron chi connectivity index (χ3n) is 2.09. The number of nitrogens with one attached hydrogen (secondary N) is 2. The monoisotopic (exact) mass is 325 g/mol. The molecule has 4 nitrogen and oxygen atoms in total. The Morgan fingerprint density at radius 3 is 2.28 bits per heavy atom. The molecule has 2 amide bonds. The van der Waals surface area contributed by atoms with Crippen molar-refractivity contribution >= 4 is 44.9 Å². The minimum absolute atomic E-state index is 0.332. The number of hydrogen-bond acceptors (Lipinski definition) is 2. The molecule has 1 aromatic carbocycles. The Bertz CT molecular complexity index is 493. The first-order chi connectivity index (χ1) is 8.63. The van der Waals surface area contributed by atoms with Crippen LogP contribution in [-0.4, -0.2) is 11.0 Å². The zero-order valence-electron chi connectivity index (χ0n) is 9.15. The number of rotatable bonds is 2. The van der Waals surface area contributed by atoms with Gasteiger partial charge in [0.1, 0.15) is 4.60 Å². The summed E-state index contributed by atoms with van der Waals surface area (Å²) in [5, 5.41) is 5.97. The highest BCUT2D eigenvalue weighted by Gasteiger charge is 2.02. The quantitative estimate of drug-likeness (QED) is 0.815. The second-order valence-electron chi connectivity index (χ2n) is 3.46. The second kappa shape index (κ2) is 5.84. The van der Waals surface area contributed by atoms with Crippen LogP contribution in [-0.2, 0) is 0 Å². The molecule has 2 N–H and O–H groups in total. The summed E-state index contributed by atoms with van der Waals surface area (Å²) in [5.41, 5.74) is 1.28. The predicted molar refractivity (Wildman–Crippen MR) is 76.0 cm³/mol. The van der Waals surface area contributed by atoms with E-state index in [1.807, 2.05) is 0 Å². The van der Waals surface area contributed by atoms with Crippen LogP contribution in [0.2, 0.25) is 5.02 Å². The van der Waals surface area contributed by atoms with Crippen LogP contribution in [0.25, 0.3) is 0 Å². The van der Waals surface area contributed by atoms with Crippen molar-refractivity contribution in [2.24, 2.45) is 0 Å². The van der Waals surface area contributed by atoms with Gasteiger partial charge < -0.3 is 10.6 Å². The van der Waals surface area contributed by atoms with Gasteiger partial charge in [0.05, 0.1) is 11.9 Å². The van der Waals surface area contributed by atoms with Crippen molar-refractivity contribution in [1.29, 1.82) is 0 Å². The highest BCUT2D eigenvalue weighted by atomic mass is 79.9. The van der Waals surface area contributed by atoms with Crippen molar-refractivity contribution in [3.63, 3.8) is 0 Å². The van der Waals surface area contributed by atoms with Gasteiger partial charge in [-0.3, -0.25) is 0 Å². The van der Waals surface area contributed by atoms with Crippen molar-refractivity contribution in [1.82, 2.24) is 4.98 Å². The number of urea groups is 1. The van der Waals surface area contributed by atoms with Crippen LogP contribution < -0.4 is 10.6 Å². The number of aromatic nitrogens is 1. The summed E-state index contributed by atoms with van der Waals surface area (Å²) in [4.78, 5) is 15.7. The molecule has 0 spiro atoms. The highest BCUT2D eigenvalue weighted by molar-refractivity contribution is 9.10. The number of amides is 2. The van der Waals surface area contributed by atoms with Gasteiger partial charge in [-0.2, -0.15) is 0 Å². The van der Waals surface area contributed by atoms with Gasteiger partial charge in [0.2, 0.25) is 0 Å². The number of benzene rings is 1. The third kappa shape index (κ3) is 3.72. The maximum atomic E-state index is 11.7. The van der Waals surface area contributed by atoms with Gasteiger partial charge in [0.25, 0.3) is 0 Å². The number of carbonyl (C=O) groups excluding carboxylic acids is 1. The zero-order chi connectivity index (χ0) is 13.0. The Hall–Kier alpha value is -1.59. The van der Waals surface area contributed by atoms with Crippen LogP contribution in [0.1, 0.15) is 0 Å². The van der Waals surface area contributed by atoms with E-state index in [2.05, 4.69) is 31.5 Å². The maximum absolute atomic E-state index is 11.7. The summed E-state index contributed by atoms with van der Waals surface area (Å²) in [5.74, 6) is 0. The molecule has 0 aliphatic heterocycles. The lowest BCUT2D eigenvalue weighted by Gasteiger charge is -2.07. The van der Waals surface area contributed by atoms with Crippen molar-refractivity contribution in [3.05, 3.63) is 52.2 Å². The molecule has 0 fully saturated rings. The fraction of sp³-hybridized carbons (Fsp3) is 0. The summed E-state index contributed by atoms with van der Waals surface area (Å²) in [7, 11) is 0. The second-order valence-corrected chi connectivity index (χ2v) is 4.70. The van der Waals surface area contributed by atoms with E-state index in [0.29, 0.717) is 21.0 Å². The van der Waals surface area contributed by atoms with E-state index in [1.165, 1.54) is 0 Å². The Morgan fingerprint density at radius 2 is 1.67 bits per heavy atom. The summed E-state index contributed by atoms with van der Waals surface area (Å²) < 4.78 is 0.714. The lowest BCUT2D eigenvalue weighted by Crippen LogP contribution is -2.19. The molecule has 1 aromatic heterocycles. The molecule has 0 saturated heterocycles. The standard InChI is InChI=1S/C12H9BrClN3O/c13-11-6-5-10(7-15-11)17-12(18)16-9-3-1-8(14)2-4-9/h1-7H,(H2,16,17,18). The fourth-order valence-electron chi connectivity index (χ4n) is 1.28. The SMILES string of the molecule is O=C(Nc1ccc(Cl)cc1)Nc1ccc(Br)nc1. The average molecular weight is 327 g/mol. The van der Waals surface area contributed by atoms with E-state index in [0.717, 1.165) is 0 Å². The zero-order valence-corrected chi connectivity index (χ0v) is 11.5. The van der Waals surface area contributed by atoms with E-state index in [-0.39, 0.29) is 6.03 Å². The molecule has 0 unspecified atom stereocenters. The largest absolute Gasteiger partial charge is 0.323 e. The number of halogens is 2. The van der Waals surface area contributed by atoms with Crippen molar-refractivity contribution in [2.75, 3.05) is 10.6 Å². The Morgan fingerprint density at radius 1 is 1.06 bits per heavy atom. The van der Waals surface area contributed by atoms with Crippen LogP contribution in [0.4, 0.5) is 16.2 Å². The minimum atomic E-state index is -0.332. The van der Waals surface area contributed by atoms with Gasteiger partial charge in [0.15, 0.2) is 0 Å². The molecule has 6 heteroatoms. The lowest BCUT2D eigenvalue weighted by atomic mass is 10.3. The van der Waals surface area contributed by atoms with Crippen LogP contribution in [0.3, 0.4) is 0 Å². The lowest BCUT2D eigenvalue weighted by molar-refractivity contribution is 0.262. The molecule has 1 heterocycles. The maximum Gasteiger partial charge on any atom is 0.323 e. The predicted octanol–water partition coefficient (Wildman–Crippen LogP) is 4.14. The Labute approximate surface area is 118 Å². The Kier molecular flexibility index (Phi) is 4.17. The molecule has 18 heavy (non-hydrogen) atoms. The number of carbonyl (C=O) groups is 1.